The molecule has 12 nitrogen and oxygen atoms in total. The lowest BCUT2D eigenvalue weighted by Gasteiger charge is -2.08. The number of ether oxygens (including phenoxy) is 4. The molecule has 2 amide bonds. The van der Waals surface area contributed by atoms with Gasteiger partial charge >= 0.3 is 5.97 Å². The molecule has 6 aromatic carbocycles. The van der Waals surface area contributed by atoms with Crippen molar-refractivity contribution in [2.24, 2.45) is 0 Å². The molecule has 1 aliphatic heterocycles. The third kappa shape index (κ3) is 12.1. The number of hydrogen-bond acceptors (Lipinski definition) is 8. The molecule has 3 aromatic heterocycles. The Morgan fingerprint density at radius 1 is 0.627 bits per heavy atom. The van der Waals surface area contributed by atoms with E-state index in [4.69, 9.17) is 18.9 Å². The summed E-state index contributed by atoms with van der Waals surface area (Å²) in [5.41, 5.74) is 7.45. The number of aliphatic hydroxyl groups is 1. The van der Waals surface area contributed by atoms with Crippen molar-refractivity contribution in [3.05, 3.63) is 205 Å². The quantitative estimate of drug-likeness (QED) is 0.0681. The number of carbonyl (C=O) groups is 3. The Hall–Kier alpha value is -8.35. The van der Waals surface area contributed by atoms with E-state index in [1.165, 1.54) is 23.9 Å². The van der Waals surface area contributed by atoms with Crippen LogP contribution in [-0.2, 0) is 52.0 Å². The van der Waals surface area contributed by atoms with E-state index in [2.05, 4.69) is 33.1 Å². The number of H-pyrrole nitrogens is 1. The third-order valence-electron chi connectivity index (χ3n) is 10.9. The first-order valence-electron chi connectivity index (χ1n) is 21.9. The average molecular weight is 899 g/mol. The zero-order valence-electron chi connectivity index (χ0n) is 37.0. The van der Waals surface area contributed by atoms with Gasteiger partial charge in [-0.2, -0.15) is 0 Å². The van der Waals surface area contributed by atoms with Gasteiger partial charge in [0.25, 0.3) is 11.8 Å². The van der Waals surface area contributed by atoms with Crippen LogP contribution in [0.3, 0.4) is 0 Å². The van der Waals surface area contributed by atoms with Crippen LogP contribution in [0.1, 0.15) is 32.0 Å². The Morgan fingerprint density at radius 3 is 1.76 bits per heavy atom. The van der Waals surface area contributed by atoms with Crippen molar-refractivity contribution in [3.63, 3.8) is 0 Å². The van der Waals surface area contributed by atoms with Crippen LogP contribution in [0.25, 0.3) is 38.3 Å². The van der Waals surface area contributed by atoms with E-state index in [-0.39, 0.29) is 15.4 Å². The Kier molecular flexibility index (Phi) is 14.9. The molecule has 1 aliphatic rings. The first-order valence-corrected chi connectivity index (χ1v) is 21.9. The van der Waals surface area contributed by atoms with Gasteiger partial charge in [0.2, 0.25) is 0 Å². The van der Waals surface area contributed by atoms with Gasteiger partial charge in [0.05, 0.1) is 18.7 Å². The fraction of sp³-hybridized carbons (Fsp3) is 0.145. The number of aromatic nitrogens is 3. The van der Waals surface area contributed by atoms with E-state index in [9.17, 15) is 19.5 Å². The molecule has 9 aromatic rings. The number of esters is 1. The summed E-state index contributed by atoms with van der Waals surface area (Å²) in [6, 6.07) is 51.9. The second kappa shape index (κ2) is 22.0. The van der Waals surface area contributed by atoms with Crippen molar-refractivity contribution in [3.8, 4) is 17.2 Å². The third-order valence-corrected chi connectivity index (χ3v) is 10.9. The van der Waals surface area contributed by atoms with E-state index in [0.29, 0.717) is 56.4 Å². The maximum atomic E-state index is 12.1. The van der Waals surface area contributed by atoms with Crippen LogP contribution < -0.4 is 19.5 Å². The van der Waals surface area contributed by atoms with E-state index >= 15 is 0 Å². The number of imide groups is 1. The van der Waals surface area contributed by atoms with Gasteiger partial charge in [0.1, 0.15) is 43.7 Å². The molecule has 0 spiro atoms. The van der Waals surface area contributed by atoms with E-state index < -0.39 is 11.8 Å². The molecular weight excluding hydrogens is 845 g/mol. The zero-order chi connectivity index (χ0) is 46.4. The van der Waals surface area contributed by atoms with Crippen LogP contribution in [0.5, 0.6) is 17.2 Å². The number of nitrogens with zero attached hydrogens (tertiary/aromatic N) is 2. The summed E-state index contributed by atoms with van der Waals surface area (Å²) in [4.78, 5) is 37.6. The minimum Gasteiger partial charge on any atom is -0.489 e. The van der Waals surface area contributed by atoms with E-state index in [0.717, 1.165) is 49.9 Å². The second-order valence-corrected chi connectivity index (χ2v) is 15.6. The van der Waals surface area contributed by atoms with Gasteiger partial charge in [-0.3, -0.25) is 19.7 Å². The molecular formula is C55H54N4O8. The smallest absolute Gasteiger partial charge is 0.302 e. The summed E-state index contributed by atoms with van der Waals surface area (Å²) < 4.78 is 26.4. The molecule has 0 atom stereocenters. The molecule has 4 heterocycles. The number of rotatable bonds is 15. The fourth-order valence-corrected chi connectivity index (χ4v) is 7.58. The number of hydrogen-bond donors (Lipinski definition) is 3. The summed E-state index contributed by atoms with van der Waals surface area (Å²) in [5.74, 6) is 1.32. The SMILES string of the molecule is CC(=O)OCCn1ccc2cc(OCc3ccccc3)ccc21.O=C1C=C(c2cn(CCO)c3ccc(OCc4ccccc4)cc23)C(=O)N1.[HH].[HH].c1ccc(COc2ccc3[nH]ccc3c2)cc1. The first kappa shape index (κ1) is 45.2. The molecule has 0 saturated heterocycles. The van der Waals surface area contributed by atoms with Crippen LogP contribution in [0.4, 0.5) is 0 Å². The molecule has 342 valence electrons. The molecule has 12 heteroatoms. The molecule has 3 N–H and O–H groups in total. The largest absolute Gasteiger partial charge is 0.489 e. The normalized spacial score (nSPS) is 11.9. The predicted octanol–water partition coefficient (Wildman–Crippen LogP) is 10.3. The lowest BCUT2D eigenvalue weighted by Crippen LogP contribution is -2.21. The van der Waals surface area contributed by atoms with Crippen molar-refractivity contribution in [2.45, 2.75) is 39.8 Å². The summed E-state index contributed by atoms with van der Waals surface area (Å²) >= 11 is 0. The number of nitrogens with one attached hydrogen (secondary N) is 2. The predicted molar refractivity (Wildman–Crippen MR) is 264 cm³/mol. The van der Waals surface area contributed by atoms with Gasteiger partial charge in [-0.1, -0.05) is 91.0 Å². The Labute approximate surface area is 390 Å². The molecule has 0 unspecified atom stereocenters. The molecule has 10 rings (SSSR count). The maximum absolute atomic E-state index is 12.1. The van der Waals surface area contributed by atoms with Gasteiger partial charge in [0, 0.05) is 79.3 Å². The van der Waals surface area contributed by atoms with Crippen LogP contribution in [-0.4, -0.2) is 50.2 Å². The lowest BCUT2D eigenvalue weighted by molar-refractivity contribution is -0.141. The molecule has 0 bridgehead atoms. The van der Waals surface area contributed by atoms with Gasteiger partial charge < -0.3 is 38.2 Å². The van der Waals surface area contributed by atoms with E-state index in [1.54, 1.807) is 6.20 Å². The van der Waals surface area contributed by atoms with E-state index in [1.807, 2.05) is 156 Å². The Morgan fingerprint density at radius 2 is 1.19 bits per heavy atom. The standard InChI is InChI=1S/C21H18N2O4.C19H19NO3.C15H13NO.2H2/c24-9-8-23-12-18(17-11-20(25)22-21(17)26)16-10-15(6-7-19(16)23)27-13-14-4-2-1-3-5-14;1-15(21)22-12-11-20-10-9-17-13-18(7-8-19(17)20)23-14-16-5-3-2-4-6-16;1-2-4-12(5-3-1)11-17-14-6-7-15-13(10-14)8-9-16-15;;/h1-7,10-12,24H,8-9,13H2,(H,22,25,26);2-10,13H,11-12,14H2,1H3;1-10,16H,11H2;2*1H. The molecule has 67 heavy (non-hydrogen) atoms. The van der Waals surface area contributed by atoms with Gasteiger partial charge in [-0.25, -0.2) is 0 Å². The monoisotopic (exact) mass is 898 g/mol. The van der Waals surface area contributed by atoms with Crippen molar-refractivity contribution >= 4 is 56.1 Å². The lowest BCUT2D eigenvalue weighted by atomic mass is 10.1. The fourth-order valence-electron chi connectivity index (χ4n) is 7.58. The minimum absolute atomic E-state index is 0. The highest BCUT2D eigenvalue weighted by molar-refractivity contribution is 6.35. The highest BCUT2D eigenvalue weighted by Gasteiger charge is 2.25. The van der Waals surface area contributed by atoms with Crippen molar-refractivity contribution in [1.29, 1.82) is 0 Å². The molecule has 0 saturated carbocycles. The minimum atomic E-state index is -0.422. The van der Waals surface area contributed by atoms with Gasteiger partial charge in [0.15, 0.2) is 0 Å². The highest BCUT2D eigenvalue weighted by Crippen LogP contribution is 2.32. The topological polar surface area (TPSA) is 146 Å². The first-order chi connectivity index (χ1) is 32.8. The number of amides is 2. The number of aliphatic hydroxyl groups excluding tert-OH is 1. The van der Waals surface area contributed by atoms with Gasteiger partial charge in [-0.15, -0.1) is 0 Å². The molecule has 0 radical (unpaired) electrons. The van der Waals surface area contributed by atoms with Gasteiger partial charge in [-0.05, 0) is 83.4 Å². The summed E-state index contributed by atoms with van der Waals surface area (Å²) in [6.07, 6.45) is 7.02. The molecule has 0 aliphatic carbocycles. The molecule has 0 fully saturated rings. The van der Waals surface area contributed by atoms with Crippen molar-refractivity contribution in [2.75, 3.05) is 13.2 Å². The summed E-state index contributed by atoms with van der Waals surface area (Å²) in [5, 5.41) is 14.7. The highest BCUT2D eigenvalue weighted by atomic mass is 16.5. The summed E-state index contributed by atoms with van der Waals surface area (Å²) in [7, 11) is 0. The van der Waals surface area contributed by atoms with Crippen molar-refractivity contribution < 1.29 is 41.3 Å². The van der Waals surface area contributed by atoms with Crippen molar-refractivity contribution in [1.82, 2.24) is 19.4 Å². The van der Waals surface area contributed by atoms with Crippen LogP contribution in [0.2, 0.25) is 0 Å². The number of aromatic amines is 1. The Bertz CT molecular complexity index is 3130. The maximum Gasteiger partial charge on any atom is 0.302 e. The zero-order valence-corrected chi connectivity index (χ0v) is 37.0. The second-order valence-electron chi connectivity index (χ2n) is 15.6. The number of benzene rings is 6. The van der Waals surface area contributed by atoms with Crippen LogP contribution in [0, 0.1) is 0 Å². The Balaban J connectivity index is 0.000000172. The number of fused-ring (bicyclic) bond motifs is 3. The summed E-state index contributed by atoms with van der Waals surface area (Å²) in [6.45, 7) is 4.41. The van der Waals surface area contributed by atoms with Crippen LogP contribution >= 0.6 is 0 Å². The van der Waals surface area contributed by atoms with Crippen LogP contribution in [0.15, 0.2) is 182 Å². The average Bonchev–Trinajstić information content (AvgIpc) is 4.16. The number of carbonyl (C=O) groups excluding carboxylic acids is 3.